The van der Waals surface area contributed by atoms with E-state index in [1.54, 1.807) is 18.2 Å². The normalized spacial score (nSPS) is 10.7. The van der Waals surface area contributed by atoms with Gasteiger partial charge in [0, 0.05) is 17.8 Å². The molecule has 0 aliphatic carbocycles. The maximum absolute atomic E-state index is 13.2. The smallest absolute Gasteiger partial charge is 0.213 e. The summed E-state index contributed by atoms with van der Waals surface area (Å²) >= 11 is 0. The Morgan fingerprint density at radius 1 is 1.00 bits per heavy atom. The molecule has 6 heteroatoms. The third kappa shape index (κ3) is 2.11. The molecule has 0 saturated carbocycles. The number of halogens is 2. The van der Waals surface area contributed by atoms with Crippen LogP contribution in [0.2, 0.25) is 0 Å². The number of nitrogen functional groups attached to an aromatic ring is 1. The van der Waals surface area contributed by atoms with Crippen molar-refractivity contribution in [2.75, 3.05) is 5.73 Å². The zero-order chi connectivity index (χ0) is 14.1. The second kappa shape index (κ2) is 4.73. The lowest BCUT2D eigenvalue weighted by atomic mass is 10.0. The van der Waals surface area contributed by atoms with Crippen molar-refractivity contribution in [1.29, 1.82) is 0 Å². The van der Waals surface area contributed by atoms with Crippen LogP contribution in [0.25, 0.3) is 22.4 Å². The summed E-state index contributed by atoms with van der Waals surface area (Å²) in [5.41, 5.74) is 8.20. The molecular formula is C14H10F2N4. The summed E-state index contributed by atoms with van der Waals surface area (Å²) in [4.78, 5) is 3.51. The van der Waals surface area contributed by atoms with Gasteiger partial charge in [-0.25, -0.2) is 9.37 Å². The molecule has 20 heavy (non-hydrogen) atoms. The first-order valence-corrected chi connectivity index (χ1v) is 5.87. The maximum Gasteiger partial charge on any atom is 0.213 e. The predicted octanol–water partition coefficient (Wildman–Crippen LogP) is 3.00. The van der Waals surface area contributed by atoms with Crippen LogP contribution in [-0.2, 0) is 0 Å². The van der Waals surface area contributed by atoms with Crippen LogP contribution >= 0.6 is 0 Å². The molecule has 0 radical (unpaired) electrons. The van der Waals surface area contributed by atoms with E-state index in [1.165, 1.54) is 24.4 Å². The quantitative estimate of drug-likeness (QED) is 0.705. The van der Waals surface area contributed by atoms with Crippen LogP contribution in [0, 0.1) is 11.8 Å². The minimum absolute atomic E-state index is 0.315. The predicted molar refractivity (Wildman–Crippen MR) is 71.6 cm³/mol. The van der Waals surface area contributed by atoms with Gasteiger partial charge in [-0.2, -0.15) is 9.49 Å². The minimum Gasteiger partial charge on any atom is -0.384 e. The highest BCUT2D eigenvalue weighted by Gasteiger charge is 2.15. The molecule has 1 aromatic carbocycles. The Bertz CT molecular complexity index is 750. The molecule has 3 rings (SSSR count). The number of rotatable bonds is 2. The lowest BCUT2D eigenvalue weighted by molar-refractivity contribution is 0.584. The van der Waals surface area contributed by atoms with Crippen LogP contribution in [0.4, 0.5) is 14.6 Å². The van der Waals surface area contributed by atoms with Crippen LogP contribution in [0.15, 0.2) is 42.6 Å². The first-order chi connectivity index (χ1) is 9.65. The molecule has 0 aliphatic rings. The molecule has 0 atom stereocenters. The second-order valence-corrected chi connectivity index (χ2v) is 4.24. The van der Waals surface area contributed by atoms with Crippen molar-refractivity contribution in [1.82, 2.24) is 15.2 Å². The molecule has 0 spiro atoms. The molecule has 0 amide bonds. The number of aromatic nitrogens is 3. The SMILES string of the molecule is Nc1[nH]nc(-c2ccc(F)cc2)c1-c1ccnc(F)c1. The molecule has 0 aliphatic heterocycles. The molecule has 2 heterocycles. The van der Waals surface area contributed by atoms with Crippen LogP contribution in [0.1, 0.15) is 0 Å². The van der Waals surface area contributed by atoms with Gasteiger partial charge in [0.2, 0.25) is 5.95 Å². The summed E-state index contributed by atoms with van der Waals surface area (Å²) in [6, 6.07) is 8.75. The zero-order valence-corrected chi connectivity index (χ0v) is 10.3. The highest BCUT2D eigenvalue weighted by molar-refractivity contribution is 5.87. The average Bonchev–Trinajstić information content (AvgIpc) is 2.81. The Morgan fingerprint density at radius 2 is 1.75 bits per heavy atom. The number of aromatic amines is 1. The molecule has 100 valence electrons. The Balaban J connectivity index is 2.17. The van der Waals surface area contributed by atoms with Crippen molar-refractivity contribution >= 4 is 5.82 Å². The molecule has 0 unspecified atom stereocenters. The topological polar surface area (TPSA) is 67.6 Å². The molecule has 4 nitrogen and oxygen atoms in total. The highest BCUT2D eigenvalue weighted by atomic mass is 19.1. The number of pyridine rings is 1. The standard InChI is InChI=1S/C14H10F2N4/c15-10-3-1-8(2-4-10)13-12(14(17)20-19-13)9-5-6-18-11(16)7-9/h1-7H,(H3,17,19,20). The van der Waals surface area contributed by atoms with E-state index in [1.807, 2.05) is 0 Å². The minimum atomic E-state index is -0.604. The van der Waals surface area contributed by atoms with Gasteiger partial charge in [-0.3, -0.25) is 5.10 Å². The van der Waals surface area contributed by atoms with Gasteiger partial charge in [-0.1, -0.05) is 0 Å². The van der Waals surface area contributed by atoms with Gasteiger partial charge >= 0.3 is 0 Å². The number of nitrogens with one attached hydrogen (secondary N) is 1. The molecule has 0 saturated heterocycles. The van der Waals surface area contributed by atoms with E-state index >= 15 is 0 Å². The number of H-pyrrole nitrogens is 1. The van der Waals surface area contributed by atoms with E-state index in [0.29, 0.717) is 28.2 Å². The van der Waals surface area contributed by atoms with Crippen LogP contribution < -0.4 is 5.73 Å². The van der Waals surface area contributed by atoms with Crippen molar-refractivity contribution < 1.29 is 8.78 Å². The summed E-state index contributed by atoms with van der Waals surface area (Å²) in [7, 11) is 0. The first kappa shape index (κ1) is 12.3. The van der Waals surface area contributed by atoms with Crippen molar-refractivity contribution in [3.05, 3.63) is 54.4 Å². The first-order valence-electron chi connectivity index (χ1n) is 5.87. The van der Waals surface area contributed by atoms with Gasteiger partial charge in [0.1, 0.15) is 17.3 Å². The van der Waals surface area contributed by atoms with Crippen LogP contribution in [0.5, 0.6) is 0 Å². The Labute approximate surface area is 113 Å². The summed E-state index contributed by atoms with van der Waals surface area (Å²) < 4.78 is 26.2. The Morgan fingerprint density at radius 3 is 2.45 bits per heavy atom. The van der Waals surface area contributed by atoms with Crippen LogP contribution in [-0.4, -0.2) is 15.2 Å². The van der Waals surface area contributed by atoms with Crippen molar-refractivity contribution in [3.8, 4) is 22.4 Å². The van der Waals surface area contributed by atoms with Gasteiger partial charge in [-0.15, -0.1) is 0 Å². The molecule has 0 fully saturated rings. The van der Waals surface area contributed by atoms with E-state index in [9.17, 15) is 8.78 Å². The summed E-state index contributed by atoms with van der Waals surface area (Å²) in [6.45, 7) is 0. The summed E-state index contributed by atoms with van der Waals surface area (Å²) in [5, 5.41) is 6.77. The van der Waals surface area contributed by atoms with E-state index in [2.05, 4.69) is 15.2 Å². The van der Waals surface area contributed by atoms with E-state index in [-0.39, 0.29) is 5.82 Å². The Kier molecular flexibility index (Phi) is 2.90. The maximum atomic E-state index is 13.2. The number of hydrogen-bond acceptors (Lipinski definition) is 3. The van der Waals surface area contributed by atoms with Crippen molar-refractivity contribution in [3.63, 3.8) is 0 Å². The molecular weight excluding hydrogens is 262 g/mol. The molecule has 3 N–H and O–H groups in total. The second-order valence-electron chi connectivity index (χ2n) is 4.24. The summed E-state index contributed by atoms with van der Waals surface area (Å²) in [6.07, 6.45) is 1.35. The van der Waals surface area contributed by atoms with E-state index in [4.69, 9.17) is 5.73 Å². The fourth-order valence-electron chi connectivity index (χ4n) is 2.02. The Hall–Kier alpha value is -2.76. The number of nitrogens with zero attached hydrogens (tertiary/aromatic N) is 2. The van der Waals surface area contributed by atoms with E-state index < -0.39 is 5.95 Å². The van der Waals surface area contributed by atoms with Gasteiger partial charge in [0.25, 0.3) is 0 Å². The molecule has 3 aromatic rings. The van der Waals surface area contributed by atoms with Gasteiger partial charge in [-0.05, 0) is 35.9 Å². The molecule has 0 bridgehead atoms. The zero-order valence-electron chi connectivity index (χ0n) is 10.3. The number of nitrogens with two attached hydrogens (primary N) is 1. The third-order valence-corrected chi connectivity index (χ3v) is 2.93. The lowest BCUT2D eigenvalue weighted by Crippen LogP contribution is -1.90. The fraction of sp³-hybridized carbons (Fsp3) is 0. The number of benzene rings is 1. The van der Waals surface area contributed by atoms with E-state index in [0.717, 1.165) is 0 Å². The third-order valence-electron chi connectivity index (χ3n) is 2.93. The number of anilines is 1. The van der Waals surface area contributed by atoms with Crippen molar-refractivity contribution in [2.24, 2.45) is 0 Å². The average molecular weight is 272 g/mol. The summed E-state index contributed by atoms with van der Waals surface area (Å²) in [5.74, 6) is -0.628. The highest BCUT2D eigenvalue weighted by Crippen LogP contribution is 2.34. The largest absolute Gasteiger partial charge is 0.384 e. The van der Waals surface area contributed by atoms with Crippen molar-refractivity contribution in [2.45, 2.75) is 0 Å². The molecule has 2 aromatic heterocycles. The van der Waals surface area contributed by atoms with Gasteiger partial charge < -0.3 is 5.73 Å². The van der Waals surface area contributed by atoms with Crippen LogP contribution in [0.3, 0.4) is 0 Å². The number of hydrogen-bond donors (Lipinski definition) is 2. The lowest BCUT2D eigenvalue weighted by Gasteiger charge is -2.04. The van der Waals surface area contributed by atoms with Gasteiger partial charge in [0.15, 0.2) is 0 Å². The van der Waals surface area contributed by atoms with Gasteiger partial charge in [0.05, 0.1) is 5.56 Å². The monoisotopic (exact) mass is 272 g/mol. The fourth-order valence-corrected chi connectivity index (χ4v) is 2.02.